The SMILES string of the molecule is COC(=O)NC(=N)c1cc(F)c(CNC(=O)c2ccc3c(c2)[C@H](C)c2cc(C4CC4)ccc2[C@@H]3OC)c(F)c1. The van der Waals surface area contributed by atoms with Crippen molar-refractivity contribution >= 4 is 17.8 Å². The number of hydrogen-bond donors (Lipinski definition) is 3. The van der Waals surface area contributed by atoms with Gasteiger partial charge < -0.3 is 14.8 Å². The van der Waals surface area contributed by atoms with E-state index >= 15 is 0 Å². The van der Waals surface area contributed by atoms with Crippen molar-refractivity contribution in [3.8, 4) is 0 Å². The van der Waals surface area contributed by atoms with Crippen LogP contribution < -0.4 is 10.6 Å². The van der Waals surface area contributed by atoms with E-state index in [4.69, 9.17) is 10.1 Å². The van der Waals surface area contributed by atoms with Crippen molar-refractivity contribution in [2.45, 2.75) is 44.2 Å². The lowest BCUT2D eigenvalue weighted by Gasteiger charge is -2.32. The molecule has 0 aromatic heterocycles. The predicted octanol–water partition coefficient (Wildman–Crippen LogP) is 5.65. The highest BCUT2D eigenvalue weighted by atomic mass is 19.1. The van der Waals surface area contributed by atoms with Crippen LogP contribution in [0.15, 0.2) is 48.5 Å². The third-order valence-corrected chi connectivity index (χ3v) is 7.51. The number of amides is 2. The van der Waals surface area contributed by atoms with Gasteiger partial charge in [-0.25, -0.2) is 13.6 Å². The van der Waals surface area contributed by atoms with Crippen LogP contribution in [0.2, 0.25) is 0 Å². The zero-order chi connectivity index (χ0) is 27.8. The Morgan fingerprint density at radius 1 is 0.923 bits per heavy atom. The summed E-state index contributed by atoms with van der Waals surface area (Å²) < 4.78 is 39.6. The third-order valence-electron chi connectivity index (χ3n) is 7.51. The first-order chi connectivity index (χ1) is 18.7. The average molecular weight is 534 g/mol. The van der Waals surface area contributed by atoms with Crippen LogP contribution >= 0.6 is 0 Å². The number of rotatable bonds is 6. The Labute approximate surface area is 225 Å². The minimum absolute atomic E-state index is 0.0456. The van der Waals surface area contributed by atoms with Gasteiger partial charge in [-0.1, -0.05) is 31.2 Å². The van der Waals surface area contributed by atoms with E-state index in [-0.39, 0.29) is 23.1 Å². The van der Waals surface area contributed by atoms with Crippen LogP contribution in [-0.4, -0.2) is 32.1 Å². The van der Waals surface area contributed by atoms with Crippen molar-refractivity contribution in [3.05, 3.63) is 105 Å². The van der Waals surface area contributed by atoms with Crippen molar-refractivity contribution in [2.75, 3.05) is 14.2 Å². The van der Waals surface area contributed by atoms with E-state index in [1.807, 2.05) is 12.1 Å². The van der Waals surface area contributed by atoms with Crippen molar-refractivity contribution < 1.29 is 27.8 Å². The Kier molecular flexibility index (Phi) is 7.18. The second kappa shape index (κ2) is 10.6. The second-order valence-corrected chi connectivity index (χ2v) is 9.94. The first-order valence-electron chi connectivity index (χ1n) is 12.7. The normalized spacial score (nSPS) is 17.6. The zero-order valence-corrected chi connectivity index (χ0v) is 21.9. The molecular formula is C30H29F2N3O4. The molecule has 2 atom stereocenters. The highest BCUT2D eigenvalue weighted by Gasteiger charge is 2.33. The number of benzene rings is 3. The molecule has 3 aromatic carbocycles. The van der Waals surface area contributed by atoms with Gasteiger partial charge in [-0.15, -0.1) is 0 Å². The molecule has 0 aliphatic heterocycles. The van der Waals surface area contributed by atoms with Crippen molar-refractivity contribution in [2.24, 2.45) is 0 Å². The van der Waals surface area contributed by atoms with Crippen molar-refractivity contribution in [3.63, 3.8) is 0 Å². The lowest BCUT2D eigenvalue weighted by atomic mass is 9.76. The Balaban J connectivity index is 1.34. The number of fused-ring (bicyclic) bond motifs is 2. The number of methoxy groups -OCH3 is 2. The molecule has 2 aliphatic carbocycles. The van der Waals surface area contributed by atoms with Gasteiger partial charge in [0, 0.05) is 36.3 Å². The average Bonchev–Trinajstić information content (AvgIpc) is 3.78. The molecule has 2 aliphatic rings. The predicted molar refractivity (Wildman–Crippen MR) is 141 cm³/mol. The van der Waals surface area contributed by atoms with E-state index < -0.39 is 36.0 Å². The maximum absolute atomic E-state index is 14.7. The number of carbonyl (C=O) groups is 2. The molecule has 202 valence electrons. The smallest absolute Gasteiger partial charge is 0.412 e. The van der Waals surface area contributed by atoms with Crippen molar-refractivity contribution in [1.29, 1.82) is 5.41 Å². The summed E-state index contributed by atoms with van der Waals surface area (Å²) in [5, 5.41) is 12.4. The van der Waals surface area contributed by atoms with Gasteiger partial charge in [0.25, 0.3) is 5.91 Å². The standard InChI is InChI=1S/C30H29F2N3O4/c1-15-22-10-17(16-4-5-16)6-8-20(22)27(38-2)21-9-7-18(11-23(15)21)29(36)34-14-24-25(31)12-19(13-26(24)32)28(33)35-30(37)39-3/h6-13,15-16,27H,4-5,14H2,1-3H3,(H,34,36)(H2,33,35,37)/t15-,27+/m1/s1. The summed E-state index contributed by atoms with van der Waals surface area (Å²) in [6, 6.07) is 13.8. The van der Waals surface area contributed by atoms with E-state index in [2.05, 4.69) is 40.5 Å². The maximum atomic E-state index is 14.7. The summed E-state index contributed by atoms with van der Waals surface area (Å²) in [6.45, 7) is 1.72. The summed E-state index contributed by atoms with van der Waals surface area (Å²) in [4.78, 5) is 24.3. The largest absolute Gasteiger partial charge is 0.453 e. The first kappa shape index (κ1) is 26.5. The van der Waals surface area contributed by atoms with Gasteiger partial charge in [-0.2, -0.15) is 0 Å². The van der Waals surface area contributed by atoms with Crippen LogP contribution in [0.5, 0.6) is 0 Å². The number of hydrogen-bond acceptors (Lipinski definition) is 5. The van der Waals surface area contributed by atoms with Gasteiger partial charge >= 0.3 is 6.09 Å². The van der Waals surface area contributed by atoms with Gasteiger partial charge in [0.15, 0.2) is 0 Å². The van der Waals surface area contributed by atoms with Crippen LogP contribution in [-0.2, 0) is 16.0 Å². The Hall–Kier alpha value is -4.11. The molecule has 0 heterocycles. The van der Waals surface area contributed by atoms with Gasteiger partial charge in [-0.3, -0.25) is 15.5 Å². The lowest BCUT2D eigenvalue weighted by Crippen LogP contribution is -2.30. The highest BCUT2D eigenvalue weighted by molar-refractivity contribution is 6.04. The van der Waals surface area contributed by atoms with Crippen LogP contribution in [0.1, 0.15) is 87.0 Å². The number of alkyl carbamates (subject to hydrolysis) is 1. The molecule has 2 amide bonds. The molecule has 9 heteroatoms. The highest BCUT2D eigenvalue weighted by Crippen LogP contribution is 2.47. The molecule has 0 unspecified atom stereocenters. The molecule has 0 spiro atoms. The van der Waals surface area contributed by atoms with E-state index in [1.54, 1.807) is 13.2 Å². The maximum Gasteiger partial charge on any atom is 0.412 e. The Morgan fingerprint density at radius 2 is 1.56 bits per heavy atom. The number of nitrogens with one attached hydrogen (secondary N) is 3. The van der Waals surface area contributed by atoms with Gasteiger partial charge in [0.2, 0.25) is 0 Å². The van der Waals surface area contributed by atoms with Crippen LogP contribution in [0.3, 0.4) is 0 Å². The molecular weight excluding hydrogens is 504 g/mol. The van der Waals surface area contributed by atoms with E-state index in [9.17, 15) is 18.4 Å². The van der Waals surface area contributed by atoms with Crippen LogP contribution in [0.4, 0.5) is 13.6 Å². The van der Waals surface area contributed by atoms with Crippen LogP contribution in [0, 0.1) is 17.0 Å². The van der Waals surface area contributed by atoms with Gasteiger partial charge in [0.1, 0.15) is 23.6 Å². The van der Waals surface area contributed by atoms with Gasteiger partial charge in [-0.05, 0) is 70.8 Å². The van der Waals surface area contributed by atoms with Gasteiger partial charge in [0.05, 0.1) is 7.11 Å². The topological polar surface area (TPSA) is 101 Å². The fourth-order valence-corrected chi connectivity index (χ4v) is 5.21. The number of carbonyl (C=O) groups excluding carboxylic acids is 2. The van der Waals surface area contributed by atoms with Crippen LogP contribution in [0.25, 0.3) is 0 Å². The molecule has 1 saturated carbocycles. The molecule has 3 aromatic rings. The minimum atomic E-state index is -0.952. The summed E-state index contributed by atoms with van der Waals surface area (Å²) in [6.07, 6.45) is 1.24. The minimum Gasteiger partial charge on any atom is -0.453 e. The van der Waals surface area contributed by atoms with E-state index in [0.29, 0.717) is 11.5 Å². The lowest BCUT2D eigenvalue weighted by molar-refractivity contribution is 0.0949. The number of ether oxygens (including phenoxy) is 2. The number of amidine groups is 1. The molecule has 5 rings (SSSR count). The molecule has 0 saturated heterocycles. The molecule has 39 heavy (non-hydrogen) atoms. The summed E-state index contributed by atoms with van der Waals surface area (Å²) >= 11 is 0. The third kappa shape index (κ3) is 5.14. The van der Waals surface area contributed by atoms with E-state index in [1.165, 1.54) is 24.0 Å². The number of halogens is 2. The second-order valence-electron chi connectivity index (χ2n) is 9.94. The summed E-state index contributed by atoms with van der Waals surface area (Å²) in [5.41, 5.74) is 5.46. The van der Waals surface area contributed by atoms with Crippen molar-refractivity contribution in [1.82, 2.24) is 10.6 Å². The molecule has 0 bridgehead atoms. The summed E-state index contributed by atoms with van der Waals surface area (Å²) in [5.74, 6) is -2.23. The molecule has 1 fully saturated rings. The monoisotopic (exact) mass is 533 g/mol. The molecule has 7 nitrogen and oxygen atoms in total. The summed E-state index contributed by atoms with van der Waals surface area (Å²) in [7, 11) is 2.78. The quantitative estimate of drug-likeness (QED) is 0.281. The zero-order valence-electron chi connectivity index (χ0n) is 21.9. The Bertz CT molecular complexity index is 1460. The molecule has 3 N–H and O–H groups in total. The molecule has 0 radical (unpaired) electrons. The Morgan fingerprint density at radius 3 is 2.18 bits per heavy atom. The van der Waals surface area contributed by atoms with E-state index in [0.717, 1.165) is 35.9 Å². The fraction of sp³-hybridized carbons (Fsp3) is 0.300. The first-order valence-corrected chi connectivity index (χ1v) is 12.7. The fourth-order valence-electron chi connectivity index (χ4n) is 5.21.